The lowest BCUT2D eigenvalue weighted by molar-refractivity contribution is -0.156. The quantitative estimate of drug-likeness (QED) is 0.721. The molecule has 3 heterocycles. The number of imidazole rings is 1. The van der Waals surface area contributed by atoms with Crippen molar-refractivity contribution in [2.45, 2.75) is 46.1 Å². The average molecular weight is 373 g/mol. The smallest absolute Gasteiger partial charge is 0.303 e. The second-order valence-corrected chi connectivity index (χ2v) is 6.37. The molecule has 3 rings (SSSR count). The summed E-state index contributed by atoms with van der Waals surface area (Å²) in [5.74, 6) is -1.15. The maximum absolute atomic E-state index is 11.5. The van der Waals surface area contributed by atoms with Gasteiger partial charge in [0.15, 0.2) is 5.65 Å². The molecule has 0 N–H and O–H groups in total. The molecule has 27 heavy (non-hydrogen) atoms. The van der Waals surface area contributed by atoms with Crippen LogP contribution in [0.25, 0.3) is 11.2 Å². The summed E-state index contributed by atoms with van der Waals surface area (Å²) in [4.78, 5) is 35.3. The van der Waals surface area contributed by atoms with Gasteiger partial charge in [0, 0.05) is 19.8 Å². The Bertz CT molecular complexity index is 934. The number of nitrogens with zero attached hydrogens (tertiary/aromatic N) is 5. The van der Waals surface area contributed by atoms with Crippen LogP contribution in [-0.4, -0.2) is 50.3 Å². The van der Waals surface area contributed by atoms with E-state index in [1.54, 1.807) is 17.8 Å². The fourth-order valence-electron chi connectivity index (χ4n) is 3.20. The van der Waals surface area contributed by atoms with Gasteiger partial charge < -0.3 is 14.2 Å². The summed E-state index contributed by atoms with van der Waals surface area (Å²) in [5.41, 5.74) is 1.58. The number of fused-ring (bicyclic) bond motifs is 1. The Kier molecular flexibility index (Phi) is 5.05. The zero-order chi connectivity index (χ0) is 19.7. The van der Waals surface area contributed by atoms with E-state index in [0.29, 0.717) is 16.9 Å². The lowest BCUT2D eigenvalue weighted by Gasteiger charge is -2.20. The van der Waals surface area contributed by atoms with Crippen LogP contribution in [-0.2, 0) is 23.8 Å². The van der Waals surface area contributed by atoms with Gasteiger partial charge in [-0.05, 0) is 6.92 Å². The van der Waals surface area contributed by atoms with Crippen molar-refractivity contribution in [2.75, 3.05) is 6.61 Å². The van der Waals surface area contributed by atoms with Gasteiger partial charge in [-0.2, -0.15) is 10.2 Å². The zero-order valence-electron chi connectivity index (χ0n) is 15.4. The maximum Gasteiger partial charge on any atom is 0.303 e. The Labute approximate surface area is 155 Å². The second-order valence-electron chi connectivity index (χ2n) is 6.37. The monoisotopic (exact) mass is 373 g/mol. The number of hydrogen-bond acceptors (Lipinski definition) is 9. The number of hydrogen-bond donors (Lipinski definition) is 0. The fraction of sp³-hybridized carbons (Fsp3) is 0.529. The molecule has 10 heteroatoms. The minimum atomic E-state index is -0.631. The Hall–Kier alpha value is -3.06. The lowest BCUT2D eigenvalue weighted by atomic mass is 10.0. The van der Waals surface area contributed by atoms with Crippen LogP contribution in [0.4, 0.5) is 0 Å². The molecule has 142 valence electrons. The number of aromatic nitrogens is 4. The SMILES string of the molecule is CC(=O)OC[C@H]1O[C@@H](n2cnc3c(C)nc(C#N)nc32)[C@H](C)[C@@H]1OC(C)=O. The van der Waals surface area contributed by atoms with Crippen molar-refractivity contribution < 1.29 is 23.8 Å². The Morgan fingerprint density at radius 3 is 2.70 bits per heavy atom. The number of carbonyl (C=O) groups is 2. The normalized spacial score (nSPS) is 24.6. The van der Waals surface area contributed by atoms with Crippen molar-refractivity contribution in [1.82, 2.24) is 19.5 Å². The van der Waals surface area contributed by atoms with E-state index in [-0.39, 0.29) is 18.3 Å². The predicted molar refractivity (Wildman–Crippen MR) is 90.0 cm³/mol. The van der Waals surface area contributed by atoms with Gasteiger partial charge in [-0.3, -0.25) is 14.2 Å². The molecular formula is C17H19N5O5. The van der Waals surface area contributed by atoms with Gasteiger partial charge >= 0.3 is 11.9 Å². The van der Waals surface area contributed by atoms with Gasteiger partial charge in [0.2, 0.25) is 5.82 Å². The third-order valence-corrected chi connectivity index (χ3v) is 4.37. The first-order chi connectivity index (χ1) is 12.8. The molecule has 1 aliphatic rings. The van der Waals surface area contributed by atoms with Crippen LogP contribution < -0.4 is 0 Å². The molecule has 2 aromatic rings. The van der Waals surface area contributed by atoms with E-state index < -0.39 is 30.4 Å². The van der Waals surface area contributed by atoms with Gasteiger partial charge in [0.25, 0.3) is 0 Å². The largest absolute Gasteiger partial charge is 0.463 e. The third-order valence-electron chi connectivity index (χ3n) is 4.37. The molecule has 0 spiro atoms. The van der Waals surface area contributed by atoms with Gasteiger partial charge in [-0.25, -0.2) is 9.97 Å². The number of carbonyl (C=O) groups excluding carboxylic acids is 2. The van der Waals surface area contributed by atoms with E-state index in [2.05, 4.69) is 15.0 Å². The molecule has 0 saturated carbocycles. The zero-order valence-corrected chi connectivity index (χ0v) is 15.4. The standard InChI is InChI=1S/C17H19N5O5/c1-8-15(26-11(4)24)12(6-25-10(3)23)27-17(8)22-7-19-14-9(2)20-13(5-18)21-16(14)22/h7-8,12,15,17H,6H2,1-4H3/t8-,12-,15+,17-/m1/s1. The molecule has 2 aromatic heterocycles. The number of esters is 2. The molecular weight excluding hydrogens is 354 g/mol. The summed E-state index contributed by atoms with van der Waals surface area (Å²) >= 11 is 0. The van der Waals surface area contributed by atoms with Crippen molar-refractivity contribution in [3.8, 4) is 6.07 Å². The fourth-order valence-corrected chi connectivity index (χ4v) is 3.20. The first-order valence-corrected chi connectivity index (χ1v) is 8.39. The second kappa shape index (κ2) is 7.28. The van der Waals surface area contributed by atoms with Crippen LogP contribution in [0.15, 0.2) is 6.33 Å². The van der Waals surface area contributed by atoms with Gasteiger partial charge in [-0.1, -0.05) is 6.92 Å². The lowest BCUT2D eigenvalue weighted by Crippen LogP contribution is -2.34. The van der Waals surface area contributed by atoms with Crippen molar-refractivity contribution in [2.24, 2.45) is 5.92 Å². The summed E-state index contributed by atoms with van der Waals surface area (Å²) in [5, 5.41) is 9.13. The highest BCUT2D eigenvalue weighted by Gasteiger charge is 2.46. The van der Waals surface area contributed by atoms with Crippen LogP contribution in [0.3, 0.4) is 0 Å². The summed E-state index contributed by atoms with van der Waals surface area (Å²) in [7, 11) is 0. The van der Waals surface area contributed by atoms with Gasteiger partial charge in [-0.15, -0.1) is 0 Å². The Morgan fingerprint density at radius 1 is 1.33 bits per heavy atom. The van der Waals surface area contributed by atoms with Crippen molar-refractivity contribution in [3.63, 3.8) is 0 Å². The molecule has 0 amide bonds. The van der Waals surface area contributed by atoms with Crippen LogP contribution in [0.2, 0.25) is 0 Å². The van der Waals surface area contributed by atoms with E-state index in [4.69, 9.17) is 19.5 Å². The van der Waals surface area contributed by atoms with E-state index >= 15 is 0 Å². The number of aryl methyl sites for hydroxylation is 1. The minimum Gasteiger partial charge on any atom is -0.463 e. The van der Waals surface area contributed by atoms with E-state index in [1.165, 1.54) is 13.8 Å². The Morgan fingerprint density at radius 2 is 2.07 bits per heavy atom. The van der Waals surface area contributed by atoms with Crippen LogP contribution in [0.5, 0.6) is 0 Å². The number of rotatable bonds is 4. The highest BCUT2D eigenvalue weighted by Crippen LogP contribution is 2.38. The molecule has 10 nitrogen and oxygen atoms in total. The first kappa shape index (κ1) is 18.7. The van der Waals surface area contributed by atoms with Crippen molar-refractivity contribution in [3.05, 3.63) is 17.8 Å². The molecule has 1 fully saturated rings. The van der Waals surface area contributed by atoms with E-state index in [0.717, 1.165) is 0 Å². The van der Waals surface area contributed by atoms with Gasteiger partial charge in [0.05, 0.1) is 12.0 Å². The number of ether oxygens (including phenoxy) is 3. The maximum atomic E-state index is 11.5. The minimum absolute atomic E-state index is 0.0281. The summed E-state index contributed by atoms with van der Waals surface area (Å²) in [6.07, 6.45) is -0.259. The summed E-state index contributed by atoms with van der Waals surface area (Å²) in [6.45, 7) is 6.16. The van der Waals surface area contributed by atoms with Crippen LogP contribution >= 0.6 is 0 Å². The topological polar surface area (TPSA) is 129 Å². The molecule has 0 unspecified atom stereocenters. The predicted octanol–water partition coefficient (Wildman–Crippen LogP) is 1.03. The molecule has 4 atom stereocenters. The number of nitriles is 1. The summed E-state index contributed by atoms with van der Waals surface area (Å²) in [6, 6.07) is 1.92. The molecule has 1 saturated heterocycles. The highest BCUT2D eigenvalue weighted by molar-refractivity contribution is 5.73. The molecule has 1 aliphatic heterocycles. The van der Waals surface area contributed by atoms with Crippen molar-refractivity contribution in [1.29, 1.82) is 5.26 Å². The van der Waals surface area contributed by atoms with Gasteiger partial charge in [0.1, 0.15) is 36.6 Å². The third kappa shape index (κ3) is 3.59. The molecule has 0 radical (unpaired) electrons. The highest BCUT2D eigenvalue weighted by atomic mass is 16.6. The van der Waals surface area contributed by atoms with Crippen molar-refractivity contribution >= 4 is 23.1 Å². The van der Waals surface area contributed by atoms with Crippen LogP contribution in [0.1, 0.15) is 38.5 Å². The average Bonchev–Trinajstić information content (AvgIpc) is 3.15. The molecule has 0 aromatic carbocycles. The molecule has 0 aliphatic carbocycles. The van der Waals surface area contributed by atoms with Crippen LogP contribution in [0, 0.1) is 24.2 Å². The summed E-state index contributed by atoms with van der Waals surface area (Å²) < 4.78 is 18.2. The Balaban J connectivity index is 1.97. The molecule has 0 bridgehead atoms. The first-order valence-electron chi connectivity index (χ1n) is 8.39. The van der Waals surface area contributed by atoms with E-state index in [1.807, 2.05) is 13.0 Å². The van der Waals surface area contributed by atoms with E-state index in [9.17, 15) is 9.59 Å².